The van der Waals surface area contributed by atoms with Crippen LogP contribution in [0.1, 0.15) is 18.4 Å². The van der Waals surface area contributed by atoms with E-state index in [1.807, 2.05) is 0 Å². The number of nitrogens with one attached hydrogen (secondary N) is 2. The van der Waals surface area contributed by atoms with Gasteiger partial charge in [-0.3, -0.25) is 0 Å². The third-order valence-electron chi connectivity index (χ3n) is 4.87. The van der Waals surface area contributed by atoms with E-state index in [0.29, 0.717) is 6.10 Å². The molecular weight excluding hydrogens is 306 g/mol. The van der Waals surface area contributed by atoms with Gasteiger partial charge >= 0.3 is 0 Å². The molecule has 2 N–H and O–H groups in total. The lowest BCUT2D eigenvalue weighted by Crippen LogP contribution is -3.15. The van der Waals surface area contributed by atoms with Gasteiger partial charge in [-0.05, 0) is 30.6 Å². The van der Waals surface area contributed by atoms with Crippen molar-refractivity contribution in [3.63, 3.8) is 0 Å². The highest BCUT2D eigenvalue weighted by Crippen LogP contribution is 2.10. The Morgan fingerprint density at radius 1 is 1.26 bits per heavy atom. The number of hydrogen-bond donors (Lipinski definition) is 2. The zero-order valence-electron chi connectivity index (χ0n) is 13.8. The summed E-state index contributed by atoms with van der Waals surface area (Å²) < 4.78 is 5.64. The van der Waals surface area contributed by atoms with E-state index < -0.39 is 0 Å². The molecule has 1 aromatic rings. The van der Waals surface area contributed by atoms with Gasteiger partial charge in [0, 0.05) is 19.6 Å². The van der Waals surface area contributed by atoms with Gasteiger partial charge in [0.1, 0.15) is 0 Å². The maximum Gasteiger partial charge on any atom is 0.169 e. The third-order valence-corrected chi connectivity index (χ3v) is 5.28. The second kappa shape index (κ2) is 8.62. The molecular formula is C18H28N3OS+. The Balaban J connectivity index is 1.33. The highest BCUT2D eigenvalue weighted by molar-refractivity contribution is 7.80. The molecule has 0 saturated carbocycles. The van der Waals surface area contributed by atoms with Crippen molar-refractivity contribution in [3.8, 4) is 0 Å². The predicted octanol–water partition coefficient (Wildman–Crippen LogP) is 0.483. The van der Waals surface area contributed by atoms with Crippen LogP contribution in [0.5, 0.6) is 0 Å². The van der Waals surface area contributed by atoms with E-state index in [1.54, 1.807) is 4.90 Å². The molecule has 126 valence electrons. The maximum atomic E-state index is 5.64. The fourth-order valence-electron chi connectivity index (χ4n) is 3.36. The van der Waals surface area contributed by atoms with Crippen LogP contribution in [0.2, 0.25) is 0 Å². The summed E-state index contributed by atoms with van der Waals surface area (Å²) in [5, 5.41) is 4.30. The Bertz CT molecular complexity index is 482. The summed E-state index contributed by atoms with van der Waals surface area (Å²) >= 11 is 5.54. The van der Waals surface area contributed by atoms with Crippen LogP contribution >= 0.6 is 12.2 Å². The summed E-state index contributed by atoms with van der Waals surface area (Å²) in [4.78, 5) is 4.00. The summed E-state index contributed by atoms with van der Waals surface area (Å²) in [6.45, 7) is 7.45. The van der Waals surface area contributed by atoms with Crippen LogP contribution in [0.25, 0.3) is 0 Å². The van der Waals surface area contributed by atoms with Crippen molar-refractivity contribution in [2.75, 3.05) is 45.9 Å². The molecule has 1 atom stereocenters. The van der Waals surface area contributed by atoms with Crippen LogP contribution in [0.4, 0.5) is 0 Å². The molecule has 2 saturated heterocycles. The van der Waals surface area contributed by atoms with Crippen LogP contribution in [-0.4, -0.2) is 62.0 Å². The summed E-state index contributed by atoms with van der Waals surface area (Å²) in [6, 6.07) is 10.8. The van der Waals surface area contributed by atoms with Crippen LogP contribution in [0.15, 0.2) is 30.3 Å². The minimum absolute atomic E-state index is 0.353. The van der Waals surface area contributed by atoms with Crippen LogP contribution in [0, 0.1) is 0 Å². The van der Waals surface area contributed by atoms with Crippen molar-refractivity contribution in [2.45, 2.75) is 25.4 Å². The zero-order chi connectivity index (χ0) is 15.9. The van der Waals surface area contributed by atoms with E-state index in [2.05, 4.69) is 40.5 Å². The third kappa shape index (κ3) is 5.16. The second-order valence-corrected chi connectivity index (χ2v) is 6.93. The second-order valence-electron chi connectivity index (χ2n) is 6.54. The van der Waals surface area contributed by atoms with Gasteiger partial charge in [0.2, 0.25) is 0 Å². The molecule has 23 heavy (non-hydrogen) atoms. The van der Waals surface area contributed by atoms with E-state index in [4.69, 9.17) is 17.0 Å². The Morgan fingerprint density at radius 2 is 2.04 bits per heavy atom. The van der Waals surface area contributed by atoms with Crippen LogP contribution in [0.3, 0.4) is 0 Å². The minimum Gasteiger partial charge on any atom is -0.376 e. The smallest absolute Gasteiger partial charge is 0.169 e. The molecule has 5 heteroatoms. The number of ether oxygens (including phenoxy) is 1. The van der Waals surface area contributed by atoms with Crippen molar-refractivity contribution in [1.29, 1.82) is 0 Å². The fourth-order valence-corrected chi connectivity index (χ4v) is 3.63. The lowest BCUT2D eigenvalue weighted by atomic mass is 10.1. The maximum absolute atomic E-state index is 5.64. The average molecular weight is 335 g/mol. The molecule has 0 amide bonds. The molecule has 3 rings (SSSR count). The normalized spacial score (nSPS) is 22.3. The number of piperazine rings is 1. The van der Waals surface area contributed by atoms with Gasteiger partial charge < -0.3 is 19.9 Å². The Hall–Kier alpha value is -1.17. The molecule has 0 aromatic heterocycles. The largest absolute Gasteiger partial charge is 0.376 e. The Kier molecular flexibility index (Phi) is 6.25. The lowest BCUT2D eigenvalue weighted by Gasteiger charge is -2.34. The molecule has 2 aliphatic heterocycles. The number of quaternary nitrogens is 1. The van der Waals surface area contributed by atoms with Crippen molar-refractivity contribution in [3.05, 3.63) is 35.9 Å². The lowest BCUT2D eigenvalue weighted by molar-refractivity contribution is -0.903. The van der Waals surface area contributed by atoms with Crippen molar-refractivity contribution < 1.29 is 9.64 Å². The van der Waals surface area contributed by atoms with Gasteiger partial charge in [0.15, 0.2) is 5.11 Å². The number of rotatable bonds is 5. The molecule has 2 heterocycles. The first-order valence-corrected chi connectivity index (χ1v) is 9.24. The molecule has 1 aromatic carbocycles. The molecule has 0 aliphatic carbocycles. The van der Waals surface area contributed by atoms with E-state index in [1.165, 1.54) is 31.6 Å². The SMILES string of the molecule is S=C(NC[C@H]1CCCO1)N1CC[NH+](CCc2ccccc2)CC1. The van der Waals surface area contributed by atoms with Crippen molar-refractivity contribution in [1.82, 2.24) is 10.2 Å². The van der Waals surface area contributed by atoms with Gasteiger partial charge in [0.05, 0.1) is 38.8 Å². The summed E-state index contributed by atoms with van der Waals surface area (Å²) in [7, 11) is 0. The highest BCUT2D eigenvalue weighted by atomic mass is 32.1. The number of benzene rings is 1. The van der Waals surface area contributed by atoms with E-state index >= 15 is 0 Å². The average Bonchev–Trinajstić information content (AvgIpc) is 3.13. The first-order chi connectivity index (χ1) is 11.3. The van der Waals surface area contributed by atoms with E-state index in [0.717, 1.165) is 44.2 Å². The summed E-state index contributed by atoms with van der Waals surface area (Å²) in [6.07, 6.45) is 3.86. The number of thiocarbonyl (C=S) groups is 1. The quantitative estimate of drug-likeness (QED) is 0.767. The fraction of sp³-hybridized carbons (Fsp3) is 0.611. The topological polar surface area (TPSA) is 28.9 Å². The van der Waals surface area contributed by atoms with E-state index in [-0.39, 0.29) is 0 Å². The predicted molar refractivity (Wildman–Crippen MR) is 96.9 cm³/mol. The number of hydrogen-bond acceptors (Lipinski definition) is 2. The van der Waals surface area contributed by atoms with Gasteiger partial charge in [-0.2, -0.15) is 0 Å². The van der Waals surface area contributed by atoms with Gasteiger partial charge in [0.25, 0.3) is 0 Å². The van der Waals surface area contributed by atoms with Gasteiger partial charge in [-0.25, -0.2) is 0 Å². The first kappa shape index (κ1) is 16.7. The Labute approximate surface area is 144 Å². The highest BCUT2D eigenvalue weighted by Gasteiger charge is 2.22. The summed E-state index contributed by atoms with van der Waals surface area (Å²) in [5.74, 6) is 0. The summed E-state index contributed by atoms with van der Waals surface area (Å²) in [5.41, 5.74) is 1.44. The van der Waals surface area contributed by atoms with Crippen molar-refractivity contribution in [2.24, 2.45) is 0 Å². The molecule has 0 spiro atoms. The molecule has 2 fully saturated rings. The van der Waals surface area contributed by atoms with Crippen LogP contribution < -0.4 is 10.2 Å². The van der Waals surface area contributed by atoms with Gasteiger partial charge in [-0.1, -0.05) is 30.3 Å². The monoisotopic (exact) mass is 334 g/mol. The van der Waals surface area contributed by atoms with Crippen molar-refractivity contribution >= 4 is 17.3 Å². The number of nitrogens with zero attached hydrogens (tertiary/aromatic N) is 1. The van der Waals surface area contributed by atoms with Gasteiger partial charge in [-0.15, -0.1) is 0 Å². The van der Waals surface area contributed by atoms with E-state index in [9.17, 15) is 0 Å². The molecule has 2 aliphatic rings. The molecule has 0 bridgehead atoms. The molecule has 4 nitrogen and oxygen atoms in total. The minimum atomic E-state index is 0.353. The van der Waals surface area contributed by atoms with Crippen LogP contribution in [-0.2, 0) is 11.2 Å². The standard InChI is InChI=1S/C18H27N3OS/c23-18(19-15-17-7-4-14-22-17)21-12-10-20(11-13-21)9-8-16-5-2-1-3-6-16/h1-3,5-6,17H,4,7-15H2,(H,19,23)/p+1/t17-/m1/s1. The molecule has 0 unspecified atom stereocenters. The zero-order valence-corrected chi connectivity index (χ0v) is 14.6. The Morgan fingerprint density at radius 3 is 2.74 bits per heavy atom. The molecule has 0 radical (unpaired) electrons. The first-order valence-electron chi connectivity index (χ1n) is 8.83.